The van der Waals surface area contributed by atoms with Crippen LogP contribution < -0.4 is 5.32 Å². The Morgan fingerprint density at radius 3 is 2.45 bits per heavy atom. The molecule has 3 nitrogen and oxygen atoms in total. The van der Waals surface area contributed by atoms with E-state index in [-0.39, 0.29) is 0 Å². The SMILES string of the molecule is CNCc1sc(C2CC3CCC(C2)N3C)nc1C1CC1. The van der Waals surface area contributed by atoms with Crippen molar-refractivity contribution in [2.24, 2.45) is 0 Å². The van der Waals surface area contributed by atoms with Crippen LogP contribution in [0.15, 0.2) is 0 Å². The molecule has 0 amide bonds. The number of nitrogens with zero attached hydrogens (tertiary/aromatic N) is 2. The van der Waals surface area contributed by atoms with Gasteiger partial charge in [0.05, 0.1) is 10.7 Å². The minimum atomic E-state index is 0.733. The van der Waals surface area contributed by atoms with Gasteiger partial charge in [-0.3, -0.25) is 0 Å². The summed E-state index contributed by atoms with van der Waals surface area (Å²) in [6.07, 6.45) is 8.20. The third kappa shape index (κ3) is 2.22. The van der Waals surface area contributed by atoms with E-state index in [1.807, 2.05) is 18.4 Å². The second kappa shape index (κ2) is 5.08. The normalized spacial score (nSPS) is 33.8. The number of piperidine rings is 1. The van der Waals surface area contributed by atoms with E-state index in [4.69, 9.17) is 4.98 Å². The van der Waals surface area contributed by atoms with Crippen LogP contribution in [0.4, 0.5) is 0 Å². The highest BCUT2D eigenvalue weighted by atomic mass is 32.1. The molecule has 1 aromatic rings. The lowest BCUT2D eigenvalue weighted by molar-refractivity contribution is 0.161. The molecule has 1 aliphatic carbocycles. The zero-order valence-electron chi connectivity index (χ0n) is 12.6. The van der Waals surface area contributed by atoms with E-state index in [1.54, 1.807) is 0 Å². The molecule has 1 saturated carbocycles. The number of hydrogen-bond donors (Lipinski definition) is 1. The molecule has 2 bridgehead atoms. The van der Waals surface area contributed by atoms with Crippen LogP contribution in [0, 0.1) is 0 Å². The molecule has 0 radical (unpaired) electrons. The molecule has 2 atom stereocenters. The topological polar surface area (TPSA) is 28.2 Å². The predicted octanol–water partition coefficient (Wildman–Crippen LogP) is 3.08. The fourth-order valence-electron chi connectivity index (χ4n) is 4.13. The first kappa shape index (κ1) is 13.2. The minimum Gasteiger partial charge on any atom is -0.315 e. The monoisotopic (exact) mass is 291 g/mol. The van der Waals surface area contributed by atoms with Gasteiger partial charge < -0.3 is 10.2 Å². The summed E-state index contributed by atoms with van der Waals surface area (Å²) in [5.41, 5.74) is 1.44. The lowest BCUT2D eigenvalue weighted by Crippen LogP contribution is -2.39. The summed E-state index contributed by atoms with van der Waals surface area (Å²) in [6.45, 7) is 1.00. The van der Waals surface area contributed by atoms with Gasteiger partial charge in [-0.25, -0.2) is 4.98 Å². The Morgan fingerprint density at radius 2 is 1.85 bits per heavy atom. The molecule has 2 unspecified atom stereocenters. The van der Waals surface area contributed by atoms with Crippen molar-refractivity contribution in [3.05, 3.63) is 15.6 Å². The predicted molar refractivity (Wildman–Crippen MR) is 83.4 cm³/mol. The second-order valence-corrected chi connectivity index (χ2v) is 8.00. The molecule has 1 aromatic heterocycles. The van der Waals surface area contributed by atoms with Crippen LogP contribution in [0.25, 0.3) is 0 Å². The van der Waals surface area contributed by atoms with Crippen molar-refractivity contribution in [2.75, 3.05) is 14.1 Å². The van der Waals surface area contributed by atoms with Crippen molar-refractivity contribution in [2.45, 2.75) is 69.0 Å². The molecule has 0 spiro atoms. The van der Waals surface area contributed by atoms with Crippen molar-refractivity contribution < 1.29 is 0 Å². The number of rotatable bonds is 4. The van der Waals surface area contributed by atoms with E-state index in [0.717, 1.165) is 30.5 Å². The highest BCUT2D eigenvalue weighted by Crippen LogP contribution is 2.47. The van der Waals surface area contributed by atoms with Gasteiger partial charge in [0.2, 0.25) is 0 Å². The fourth-order valence-corrected chi connectivity index (χ4v) is 5.42. The molecular formula is C16H25N3S. The first-order chi connectivity index (χ1) is 9.76. The minimum absolute atomic E-state index is 0.733. The number of fused-ring (bicyclic) bond motifs is 2. The van der Waals surface area contributed by atoms with Gasteiger partial charge in [0.25, 0.3) is 0 Å². The van der Waals surface area contributed by atoms with Crippen molar-refractivity contribution in [3.8, 4) is 0 Å². The molecule has 4 heteroatoms. The van der Waals surface area contributed by atoms with Crippen molar-refractivity contribution in [3.63, 3.8) is 0 Å². The molecule has 3 heterocycles. The zero-order chi connectivity index (χ0) is 13.7. The molecule has 3 fully saturated rings. The average molecular weight is 291 g/mol. The Hall–Kier alpha value is -0.450. The van der Waals surface area contributed by atoms with Crippen LogP contribution in [0.5, 0.6) is 0 Å². The number of hydrogen-bond acceptors (Lipinski definition) is 4. The van der Waals surface area contributed by atoms with Crippen LogP contribution >= 0.6 is 11.3 Å². The summed E-state index contributed by atoms with van der Waals surface area (Å²) in [5.74, 6) is 1.52. The molecular weight excluding hydrogens is 266 g/mol. The quantitative estimate of drug-likeness (QED) is 0.924. The Bertz CT molecular complexity index is 480. The standard InChI is InChI=1S/C16H25N3S/c1-17-9-14-15(10-3-4-10)18-16(20-14)11-7-12-5-6-13(8-11)19(12)2/h10-13,17H,3-9H2,1-2H3. The van der Waals surface area contributed by atoms with Gasteiger partial charge in [-0.15, -0.1) is 11.3 Å². The second-order valence-electron chi connectivity index (χ2n) is 6.88. The number of thiazole rings is 1. The molecule has 3 aliphatic rings. The lowest BCUT2D eigenvalue weighted by Gasteiger charge is -2.35. The van der Waals surface area contributed by atoms with E-state index in [9.17, 15) is 0 Å². The maximum Gasteiger partial charge on any atom is 0.0963 e. The van der Waals surface area contributed by atoms with E-state index in [2.05, 4.69) is 17.3 Å². The van der Waals surface area contributed by atoms with Gasteiger partial charge in [-0.05, 0) is 52.6 Å². The Labute approximate surface area is 125 Å². The van der Waals surface area contributed by atoms with Gasteiger partial charge in [0.1, 0.15) is 0 Å². The van der Waals surface area contributed by atoms with Crippen LogP contribution in [-0.4, -0.2) is 36.1 Å². The summed E-state index contributed by atoms with van der Waals surface area (Å²) >= 11 is 2.00. The van der Waals surface area contributed by atoms with Crippen LogP contribution in [0.2, 0.25) is 0 Å². The van der Waals surface area contributed by atoms with Crippen LogP contribution in [-0.2, 0) is 6.54 Å². The molecule has 0 aromatic carbocycles. The van der Waals surface area contributed by atoms with Crippen LogP contribution in [0.3, 0.4) is 0 Å². The Kier molecular flexibility index (Phi) is 3.36. The van der Waals surface area contributed by atoms with Gasteiger partial charge >= 0.3 is 0 Å². The number of aromatic nitrogens is 1. The van der Waals surface area contributed by atoms with Gasteiger partial charge in [-0.1, -0.05) is 0 Å². The Balaban J connectivity index is 1.58. The summed E-state index contributed by atoms with van der Waals surface area (Å²) in [7, 11) is 4.37. The molecule has 110 valence electrons. The highest BCUT2D eigenvalue weighted by molar-refractivity contribution is 7.11. The zero-order valence-corrected chi connectivity index (χ0v) is 13.4. The third-order valence-corrected chi connectivity index (χ3v) is 6.73. The van der Waals surface area contributed by atoms with Crippen LogP contribution in [0.1, 0.15) is 65.9 Å². The van der Waals surface area contributed by atoms with Gasteiger partial charge in [-0.2, -0.15) is 0 Å². The third-order valence-electron chi connectivity index (χ3n) is 5.49. The highest BCUT2D eigenvalue weighted by Gasteiger charge is 2.40. The van der Waals surface area contributed by atoms with E-state index < -0.39 is 0 Å². The fraction of sp³-hybridized carbons (Fsp3) is 0.812. The van der Waals surface area contributed by atoms with Crippen molar-refractivity contribution in [1.29, 1.82) is 0 Å². The smallest absolute Gasteiger partial charge is 0.0963 e. The molecule has 20 heavy (non-hydrogen) atoms. The maximum absolute atomic E-state index is 5.10. The maximum atomic E-state index is 5.10. The molecule has 2 aliphatic heterocycles. The van der Waals surface area contributed by atoms with Crippen molar-refractivity contribution >= 4 is 11.3 Å². The molecule has 2 saturated heterocycles. The summed E-state index contributed by atoms with van der Waals surface area (Å²) < 4.78 is 0. The largest absolute Gasteiger partial charge is 0.315 e. The van der Waals surface area contributed by atoms with E-state index >= 15 is 0 Å². The van der Waals surface area contributed by atoms with Crippen molar-refractivity contribution in [1.82, 2.24) is 15.2 Å². The lowest BCUT2D eigenvalue weighted by atomic mass is 9.92. The summed E-state index contributed by atoms with van der Waals surface area (Å²) in [5, 5.41) is 4.77. The van der Waals surface area contributed by atoms with Gasteiger partial charge in [0.15, 0.2) is 0 Å². The molecule has 1 N–H and O–H groups in total. The first-order valence-electron chi connectivity index (χ1n) is 8.12. The molecule has 4 rings (SSSR count). The van der Waals surface area contributed by atoms with E-state index in [0.29, 0.717) is 0 Å². The van der Waals surface area contributed by atoms with Gasteiger partial charge in [0, 0.05) is 35.3 Å². The summed E-state index contributed by atoms with van der Waals surface area (Å²) in [4.78, 5) is 9.23. The average Bonchev–Trinajstić information content (AvgIpc) is 3.18. The first-order valence-corrected chi connectivity index (χ1v) is 8.94. The van der Waals surface area contributed by atoms with E-state index in [1.165, 1.54) is 54.1 Å². The Morgan fingerprint density at radius 1 is 1.15 bits per heavy atom. The summed E-state index contributed by atoms with van der Waals surface area (Å²) in [6, 6.07) is 1.64. The number of nitrogens with one attached hydrogen (secondary N) is 1.